The molecule has 0 N–H and O–H groups in total. The summed E-state index contributed by atoms with van der Waals surface area (Å²) >= 11 is 1.26. The molecule has 1 atom stereocenters. The fraction of sp³-hybridized carbons (Fsp3) is 0.600. The van der Waals surface area contributed by atoms with E-state index in [0.717, 1.165) is 0 Å². The van der Waals surface area contributed by atoms with Gasteiger partial charge in [-0.2, -0.15) is 4.37 Å². The SMILES string of the molecule is CCOC[C@@H](C)OC(=O)c1csnc1C. The van der Waals surface area contributed by atoms with Crippen molar-refractivity contribution in [3.05, 3.63) is 16.6 Å². The molecule has 0 aliphatic carbocycles. The number of aryl methyl sites for hydroxylation is 1. The summed E-state index contributed by atoms with van der Waals surface area (Å²) < 4.78 is 14.4. The Morgan fingerprint density at radius 2 is 2.40 bits per heavy atom. The van der Waals surface area contributed by atoms with Gasteiger partial charge in [0.1, 0.15) is 6.10 Å². The lowest BCUT2D eigenvalue weighted by molar-refractivity contribution is 0.00436. The molecule has 0 unspecified atom stereocenters. The summed E-state index contributed by atoms with van der Waals surface area (Å²) in [6.45, 7) is 6.56. The van der Waals surface area contributed by atoms with Gasteiger partial charge in [-0.05, 0) is 32.3 Å². The van der Waals surface area contributed by atoms with E-state index in [1.54, 1.807) is 12.3 Å². The van der Waals surface area contributed by atoms with Gasteiger partial charge >= 0.3 is 5.97 Å². The molecule has 0 saturated carbocycles. The summed E-state index contributed by atoms with van der Waals surface area (Å²) in [5.74, 6) is -0.326. The highest BCUT2D eigenvalue weighted by atomic mass is 32.1. The van der Waals surface area contributed by atoms with Crippen LogP contribution in [0.4, 0.5) is 0 Å². The van der Waals surface area contributed by atoms with Crippen LogP contribution in [0.5, 0.6) is 0 Å². The maximum Gasteiger partial charge on any atom is 0.341 e. The van der Waals surface area contributed by atoms with Crippen LogP contribution >= 0.6 is 11.5 Å². The molecule has 0 amide bonds. The number of carbonyl (C=O) groups is 1. The third kappa shape index (κ3) is 3.60. The number of hydrogen-bond acceptors (Lipinski definition) is 5. The van der Waals surface area contributed by atoms with Crippen LogP contribution in [0, 0.1) is 6.92 Å². The number of aromatic nitrogens is 1. The summed E-state index contributed by atoms with van der Waals surface area (Å²) in [5, 5.41) is 1.70. The largest absolute Gasteiger partial charge is 0.457 e. The van der Waals surface area contributed by atoms with Gasteiger partial charge in [-0.15, -0.1) is 0 Å². The molecule has 0 fully saturated rings. The van der Waals surface area contributed by atoms with Crippen molar-refractivity contribution in [2.45, 2.75) is 26.9 Å². The van der Waals surface area contributed by atoms with Crippen LogP contribution in [0.25, 0.3) is 0 Å². The fourth-order valence-electron chi connectivity index (χ4n) is 1.05. The van der Waals surface area contributed by atoms with E-state index >= 15 is 0 Å². The first kappa shape index (κ1) is 12.1. The average Bonchev–Trinajstić information content (AvgIpc) is 2.61. The van der Waals surface area contributed by atoms with Crippen LogP contribution in [0.1, 0.15) is 29.9 Å². The zero-order chi connectivity index (χ0) is 11.3. The van der Waals surface area contributed by atoms with Gasteiger partial charge in [-0.1, -0.05) is 0 Å². The molecule has 0 aliphatic rings. The van der Waals surface area contributed by atoms with Crippen molar-refractivity contribution in [1.29, 1.82) is 0 Å². The minimum absolute atomic E-state index is 0.225. The molecular formula is C10H15NO3S. The number of ether oxygens (including phenoxy) is 2. The van der Waals surface area contributed by atoms with E-state index in [1.165, 1.54) is 11.5 Å². The summed E-state index contributed by atoms with van der Waals surface area (Å²) in [6, 6.07) is 0. The molecule has 0 aromatic carbocycles. The lowest BCUT2D eigenvalue weighted by Crippen LogP contribution is -2.20. The van der Waals surface area contributed by atoms with Crippen molar-refractivity contribution in [2.24, 2.45) is 0 Å². The van der Waals surface area contributed by atoms with Crippen molar-refractivity contribution < 1.29 is 14.3 Å². The van der Waals surface area contributed by atoms with Gasteiger partial charge in [0.2, 0.25) is 0 Å². The quantitative estimate of drug-likeness (QED) is 0.725. The third-order valence-corrected chi connectivity index (χ3v) is 2.56. The van der Waals surface area contributed by atoms with E-state index in [0.29, 0.717) is 24.5 Å². The molecule has 15 heavy (non-hydrogen) atoms. The minimum atomic E-state index is -0.326. The van der Waals surface area contributed by atoms with Gasteiger partial charge in [0.15, 0.2) is 0 Å². The molecule has 0 bridgehead atoms. The van der Waals surface area contributed by atoms with Crippen LogP contribution in [0.3, 0.4) is 0 Å². The maximum absolute atomic E-state index is 11.6. The lowest BCUT2D eigenvalue weighted by Gasteiger charge is -2.12. The molecule has 1 aromatic rings. The maximum atomic E-state index is 11.6. The second kappa shape index (κ2) is 5.82. The second-order valence-electron chi connectivity index (χ2n) is 3.19. The van der Waals surface area contributed by atoms with E-state index in [4.69, 9.17) is 9.47 Å². The van der Waals surface area contributed by atoms with Gasteiger partial charge in [-0.3, -0.25) is 0 Å². The predicted molar refractivity (Wildman–Crippen MR) is 58.2 cm³/mol. The fourth-order valence-corrected chi connectivity index (χ4v) is 1.73. The van der Waals surface area contributed by atoms with Crippen molar-refractivity contribution in [3.8, 4) is 0 Å². The molecular weight excluding hydrogens is 214 g/mol. The minimum Gasteiger partial charge on any atom is -0.457 e. The first-order valence-corrected chi connectivity index (χ1v) is 5.68. The van der Waals surface area contributed by atoms with Gasteiger partial charge in [0.25, 0.3) is 0 Å². The number of hydrogen-bond donors (Lipinski definition) is 0. The van der Waals surface area contributed by atoms with Gasteiger partial charge in [0.05, 0.1) is 17.9 Å². The second-order valence-corrected chi connectivity index (χ2v) is 3.82. The molecule has 4 nitrogen and oxygen atoms in total. The smallest absolute Gasteiger partial charge is 0.341 e. The molecule has 5 heteroatoms. The zero-order valence-electron chi connectivity index (χ0n) is 9.15. The molecule has 0 radical (unpaired) electrons. The van der Waals surface area contributed by atoms with Crippen molar-refractivity contribution >= 4 is 17.5 Å². The third-order valence-electron chi connectivity index (χ3n) is 1.83. The van der Waals surface area contributed by atoms with E-state index in [1.807, 2.05) is 13.8 Å². The first-order chi connectivity index (χ1) is 7.15. The highest BCUT2D eigenvalue weighted by Gasteiger charge is 2.15. The lowest BCUT2D eigenvalue weighted by atomic mass is 10.3. The van der Waals surface area contributed by atoms with Crippen LogP contribution in [0.2, 0.25) is 0 Å². The first-order valence-electron chi connectivity index (χ1n) is 4.84. The molecule has 0 spiro atoms. The number of carbonyl (C=O) groups excluding carboxylic acids is 1. The Morgan fingerprint density at radius 3 is 2.93 bits per heavy atom. The highest BCUT2D eigenvalue weighted by Crippen LogP contribution is 2.11. The van der Waals surface area contributed by atoms with Crippen molar-refractivity contribution in [2.75, 3.05) is 13.2 Å². The standard InChI is InChI=1S/C10H15NO3S/c1-4-13-5-7(2)14-10(12)9-6-15-11-8(9)3/h6-7H,4-5H2,1-3H3/t7-/m1/s1. The van der Waals surface area contributed by atoms with Gasteiger partial charge in [-0.25, -0.2) is 4.79 Å². The number of esters is 1. The monoisotopic (exact) mass is 229 g/mol. The Balaban J connectivity index is 2.46. The van der Waals surface area contributed by atoms with E-state index in [9.17, 15) is 4.79 Å². The zero-order valence-corrected chi connectivity index (χ0v) is 9.97. The van der Waals surface area contributed by atoms with E-state index in [2.05, 4.69) is 4.37 Å². The molecule has 1 rings (SSSR count). The Kier molecular flexibility index (Phi) is 4.71. The van der Waals surface area contributed by atoms with E-state index in [-0.39, 0.29) is 12.1 Å². The van der Waals surface area contributed by atoms with Gasteiger partial charge in [0, 0.05) is 12.0 Å². The summed E-state index contributed by atoms with van der Waals surface area (Å²) in [7, 11) is 0. The molecule has 0 aliphatic heterocycles. The van der Waals surface area contributed by atoms with Crippen LogP contribution in [-0.4, -0.2) is 29.7 Å². The van der Waals surface area contributed by atoms with Crippen molar-refractivity contribution in [1.82, 2.24) is 4.37 Å². The summed E-state index contributed by atoms with van der Waals surface area (Å²) in [6.07, 6.45) is -0.225. The Labute approximate surface area is 93.4 Å². The topological polar surface area (TPSA) is 48.4 Å². The van der Waals surface area contributed by atoms with Crippen LogP contribution in [0.15, 0.2) is 5.38 Å². The van der Waals surface area contributed by atoms with Crippen LogP contribution in [-0.2, 0) is 9.47 Å². The Morgan fingerprint density at radius 1 is 1.67 bits per heavy atom. The number of nitrogens with zero attached hydrogens (tertiary/aromatic N) is 1. The number of rotatable bonds is 5. The van der Waals surface area contributed by atoms with Gasteiger partial charge < -0.3 is 9.47 Å². The van der Waals surface area contributed by atoms with Crippen LogP contribution < -0.4 is 0 Å². The predicted octanol–water partition coefficient (Wildman–Crippen LogP) is 2.03. The molecule has 1 aromatic heterocycles. The summed E-state index contributed by atoms with van der Waals surface area (Å²) in [5.41, 5.74) is 1.26. The molecule has 1 heterocycles. The highest BCUT2D eigenvalue weighted by molar-refractivity contribution is 7.03. The normalized spacial score (nSPS) is 12.5. The molecule has 0 saturated heterocycles. The average molecular weight is 229 g/mol. The Bertz CT molecular complexity index is 324. The van der Waals surface area contributed by atoms with Crippen molar-refractivity contribution in [3.63, 3.8) is 0 Å². The van der Waals surface area contributed by atoms with E-state index < -0.39 is 0 Å². The molecule has 84 valence electrons. The summed E-state index contributed by atoms with van der Waals surface area (Å²) in [4.78, 5) is 11.6. The Hall–Kier alpha value is -0.940.